The SMILES string of the molecule is CCOc1ccc2c(c1)c(F)c(C)n2C(=O)OC. The van der Waals surface area contributed by atoms with Crippen LogP contribution in [0.25, 0.3) is 10.9 Å². The van der Waals surface area contributed by atoms with Crippen molar-refractivity contribution in [3.05, 3.63) is 29.7 Å². The number of hydrogen-bond acceptors (Lipinski definition) is 3. The molecule has 1 heterocycles. The molecule has 0 saturated heterocycles. The Morgan fingerprint density at radius 1 is 1.44 bits per heavy atom. The number of methoxy groups -OCH3 is 1. The Morgan fingerprint density at radius 2 is 2.17 bits per heavy atom. The quantitative estimate of drug-likeness (QED) is 0.823. The standard InChI is InChI=1S/C13H14FNO3/c1-4-18-9-5-6-11-10(7-9)12(14)8(2)15(11)13(16)17-3/h5-7H,4H2,1-3H3. The van der Waals surface area contributed by atoms with Gasteiger partial charge in [-0.2, -0.15) is 0 Å². The maximum Gasteiger partial charge on any atom is 0.418 e. The van der Waals surface area contributed by atoms with Gasteiger partial charge < -0.3 is 9.47 Å². The zero-order chi connectivity index (χ0) is 13.3. The molecule has 0 saturated carbocycles. The number of hydrogen-bond donors (Lipinski definition) is 0. The molecule has 4 nitrogen and oxygen atoms in total. The second-order valence-corrected chi connectivity index (χ2v) is 3.82. The Balaban J connectivity index is 2.67. The molecule has 0 spiro atoms. The Morgan fingerprint density at radius 3 is 2.78 bits per heavy atom. The van der Waals surface area contributed by atoms with E-state index in [4.69, 9.17) is 4.74 Å². The summed E-state index contributed by atoms with van der Waals surface area (Å²) >= 11 is 0. The lowest BCUT2D eigenvalue weighted by Gasteiger charge is -2.05. The van der Waals surface area contributed by atoms with E-state index in [2.05, 4.69) is 4.74 Å². The summed E-state index contributed by atoms with van der Waals surface area (Å²) in [5.41, 5.74) is 0.700. The number of fused-ring (bicyclic) bond motifs is 1. The average Bonchev–Trinajstić information content (AvgIpc) is 2.62. The summed E-state index contributed by atoms with van der Waals surface area (Å²) < 4.78 is 25.2. The molecular weight excluding hydrogens is 237 g/mol. The molecule has 0 aliphatic rings. The Labute approximate surface area is 104 Å². The largest absolute Gasteiger partial charge is 0.494 e. The minimum Gasteiger partial charge on any atom is -0.494 e. The third-order valence-electron chi connectivity index (χ3n) is 2.77. The predicted molar refractivity (Wildman–Crippen MR) is 65.6 cm³/mol. The minimum atomic E-state index is -0.606. The highest BCUT2D eigenvalue weighted by Gasteiger charge is 2.19. The first kappa shape index (κ1) is 12.4. The van der Waals surface area contributed by atoms with Crippen molar-refractivity contribution in [3.8, 4) is 5.75 Å². The van der Waals surface area contributed by atoms with Gasteiger partial charge in [0, 0.05) is 5.39 Å². The molecule has 0 aliphatic carbocycles. The molecule has 0 N–H and O–H groups in total. The van der Waals surface area contributed by atoms with Gasteiger partial charge in [-0.15, -0.1) is 0 Å². The molecule has 0 atom stereocenters. The third kappa shape index (κ3) is 1.81. The molecule has 0 amide bonds. The average molecular weight is 251 g/mol. The van der Waals surface area contributed by atoms with Gasteiger partial charge in [-0.1, -0.05) is 0 Å². The zero-order valence-corrected chi connectivity index (χ0v) is 10.5. The summed E-state index contributed by atoms with van der Waals surface area (Å²) in [6.07, 6.45) is -0.606. The lowest BCUT2D eigenvalue weighted by Crippen LogP contribution is -2.12. The molecule has 0 unspecified atom stereocenters. The zero-order valence-electron chi connectivity index (χ0n) is 10.5. The van der Waals surface area contributed by atoms with Crippen LogP contribution in [0.1, 0.15) is 12.6 Å². The summed E-state index contributed by atoms with van der Waals surface area (Å²) in [4.78, 5) is 11.6. The molecule has 0 aliphatic heterocycles. The fourth-order valence-electron chi connectivity index (χ4n) is 1.94. The van der Waals surface area contributed by atoms with Gasteiger partial charge in [0.15, 0.2) is 5.82 Å². The Kier molecular flexibility index (Phi) is 3.23. The van der Waals surface area contributed by atoms with Gasteiger partial charge in [-0.3, -0.25) is 0 Å². The first-order valence-electron chi connectivity index (χ1n) is 5.61. The van der Waals surface area contributed by atoms with E-state index >= 15 is 0 Å². The lowest BCUT2D eigenvalue weighted by atomic mass is 10.2. The van der Waals surface area contributed by atoms with Crippen LogP contribution in [0, 0.1) is 12.7 Å². The molecule has 0 bridgehead atoms. The van der Waals surface area contributed by atoms with Gasteiger partial charge >= 0.3 is 6.09 Å². The maximum absolute atomic E-state index is 14.1. The number of carbonyl (C=O) groups is 1. The fraction of sp³-hybridized carbons (Fsp3) is 0.308. The second-order valence-electron chi connectivity index (χ2n) is 3.82. The van der Waals surface area contributed by atoms with Crippen LogP contribution in [0.4, 0.5) is 9.18 Å². The van der Waals surface area contributed by atoms with Crippen molar-refractivity contribution >= 4 is 17.0 Å². The normalized spacial score (nSPS) is 10.7. The number of ether oxygens (including phenoxy) is 2. The Bertz CT molecular complexity index is 604. The fourth-order valence-corrected chi connectivity index (χ4v) is 1.94. The van der Waals surface area contributed by atoms with Crippen LogP contribution < -0.4 is 4.74 Å². The molecule has 0 fully saturated rings. The van der Waals surface area contributed by atoms with Crippen molar-refractivity contribution < 1.29 is 18.7 Å². The van der Waals surface area contributed by atoms with Gasteiger partial charge in [0.25, 0.3) is 0 Å². The van der Waals surface area contributed by atoms with Gasteiger partial charge in [0.1, 0.15) is 5.75 Å². The minimum absolute atomic E-state index is 0.227. The highest BCUT2D eigenvalue weighted by molar-refractivity contribution is 5.92. The van der Waals surface area contributed by atoms with Crippen LogP contribution >= 0.6 is 0 Å². The van der Waals surface area contributed by atoms with Crippen LogP contribution in [0.15, 0.2) is 18.2 Å². The van der Waals surface area contributed by atoms with E-state index in [-0.39, 0.29) is 5.69 Å². The first-order chi connectivity index (χ1) is 8.60. The number of rotatable bonds is 2. The summed E-state index contributed by atoms with van der Waals surface area (Å²) in [6.45, 7) is 3.89. The monoisotopic (exact) mass is 251 g/mol. The van der Waals surface area contributed by atoms with E-state index in [0.29, 0.717) is 23.3 Å². The van der Waals surface area contributed by atoms with Crippen LogP contribution in [0.5, 0.6) is 5.75 Å². The van der Waals surface area contributed by atoms with E-state index in [1.165, 1.54) is 18.6 Å². The smallest absolute Gasteiger partial charge is 0.418 e. The molecule has 18 heavy (non-hydrogen) atoms. The van der Waals surface area contributed by atoms with Crippen molar-refractivity contribution in [1.29, 1.82) is 0 Å². The van der Waals surface area contributed by atoms with Crippen molar-refractivity contribution in [2.24, 2.45) is 0 Å². The summed E-state index contributed by atoms with van der Waals surface area (Å²) in [6, 6.07) is 4.93. The summed E-state index contributed by atoms with van der Waals surface area (Å²) in [5, 5.41) is 0.351. The maximum atomic E-state index is 14.1. The van der Waals surface area contributed by atoms with E-state index in [9.17, 15) is 9.18 Å². The van der Waals surface area contributed by atoms with E-state index in [1.54, 1.807) is 18.2 Å². The van der Waals surface area contributed by atoms with Crippen molar-refractivity contribution in [1.82, 2.24) is 4.57 Å². The van der Waals surface area contributed by atoms with E-state index in [0.717, 1.165) is 0 Å². The second kappa shape index (κ2) is 4.68. The molecule has 96 valence electrons. The van der Waals surface area contributed by atoms with Crippen molar-refractivity contribution in [2.75, 3.05) is 13.7 Å². The lowest BCUT2D eigenvalue weighted by molar-refractivity contribution is 0.173. The topological polar surface area (TPSA) is 40.5 Å². The van der Waals surface area contributed by atoms with E-state index in [1.807, 2.05) is 6.92 Å². The molecule has 5 heteroatoms. The molecule has 2 rings (SSSR count). The first-order valence-corrected chi connectivity index (χ1v) is 5.61. The summed E-state index contributed by atoms with van der Waals surface area (Å²) in [5.74, 6) is 0.142. The van der Waals surface area contributed by atoms with Crippen LogP contribution in [-0.2, 0) is 4.74 Å². The number of benzene rings is 1. The van der Waals surface area contributed by atoms with Gasteiger partial charge in [0.2, 0.25) is 0 Å². The van der Waals surface area contributed by atoms with E-state index < -0.39 is 11.9 Å². The van der Waals surface area contributed by atoms with Gasteiger partial charge in [-0.25, -0.2) is 13.8 Å². The molecular formula is C13H14FNO3. The molecule has 1 aromatic carbocycles. The molecule has 2 aromatic rings. The molecule has 0 radical (unpaired) electrons. The predicted octanol–water partition coefficient (Wildman–Crippen LogP) is 3.10. The number of aromatic nitrogens is 1. The molecule has 1 aromatic heterocycles. The Hall–Kier alpha value is -2.04. The summed E-state index contributed by atoms with van der Waals surface area (Å²) in [7, 11) is 1.26. The number of carbonyl (C=O) groups excluding carboxylic acids is 1. The van der Waals surface area contributed by atoms with Crippen LogP contribution in [-0.4, -0.2) is 24.4 Å². The highest BCUT2D eigenvalue weighted by atomic mass is 19.1. The van der Waals surface area contributed by atoms with Crippen LogP contribution in [0.2, 0.25) is 0 Å². The van der Waals surface area contributed by atoms with Crippen molar-refractivity contribution in [2.45, 2.75) is 13.8 Å². The third-order valence-corrected chi connectivity index (χ3v) is 2.77. The van der Waals surface area contributed by atoms with Crippen LogP contribution in [0.3, 0.4) is 0 Å². The number of nitrogens with zero attached hydrogens (tertiary/aromatic N) is 1. The number of halogens is 1. The van der Waals surface area contributed by atoms with Gasteiger partial charge in [-0.05, 0) is 32.0 Å². The highest BCUT2D eigenvalue weighted by Crippen LogP contribution is 2.28. The van der Waals surface area contributed by atoms with Crippen molar-refractivity contribution in [3.63, 3.8) is 0 Å². The van der Waals surface area contributed by atoms with Gasteiger partial charge in [0.05, 0.1) is 24.9 Å².